The molecule has 10 nitrogen and oxygen atoms in total. The first kappa shape index (κ1) is 52.7. The topological polar surface area (TPSA) is 99.1 Å². The Balaban J connectivity index is 0.736. The van der Waals surface area contributed by atoms with Gasteiger partial charge in [-0.05, 0) is 135 Å². The Kier molecular flexibility index (Phi) is 16.1. The van der Waals surface area contributed by atoms with Crippen molar-refractivity contribution in [3.63, 3.8) is 0 Å². The lowest BCUT2D eigenvalue weighted by Crippen LogP contribution is -2.33. The van der Waals surface area contributed by atoms with Gasteiger partial charge in [-0.25, -0.2) is 9.97 Å². The van der Waals surface area contributed by atoms with Gasteiger partial charge in [-0.15, -0.1) is 0 Å². The number of unbranched alkanes of at least 4 members (excludes halogenated alkanes) is 1. The zero-order valence-corrected chi connectivity index (χ0v) is 44.9. The van der Waals surface area contributed by atoms with E-state index in [1.54, 1.807) is 41.7 Å². The average Bonchev–Trinajstić information content (AvgIpc) is 4.02. The van der Waals surface area contributed by atoms with E-state index in [4.69, 9.17) is 20.1 Å². The van der Waals surface area contributed by atoms with Gasteiger partial charge in [-0.1, -0.05) is 106 Å². The van der Waals surface area contributed by atoms with Crippen LogP contribution in [-0.4, -0.2) is 57.5 Å². The van der Waals surface area contributed by atoms with E-state index >= 15 is 13.2 Å². The second-order valence-electron chi connectivity index (χ2n) is 21.1. The lowest BCUT2D eigenvalue weighted by atomic mass is 9.77. The number of hydrogen-bond acceptors (Lipinski definition) is 10. The van der Waals surface area contributed by atoms with Crippen LogP contribution in [0, 0.1) is 11.8 Å². The molecule has 1 aliphatic carbocycles. The summed E-state index contributed by atoms with van der Waals surface area (Å²) >= 11 is 1.56. The molecule has 7 aromatic rings. The number of alkyl halides is 3. The molecule has 1 atom stereocenters. The number of rotatable bonds is 20. The number of benzene rings is 3. The van der Waals surface area contributed by atoms with Crippen LogP contribution in [0.1, 0.15) is 116 Å². The third-order valence-electron chi connectivity index (χ3n) is 16.0. The van der Waals surface area contributed by atoms with E-state index in [-0.39, 0.29) is 17.4 Å². The molecule has 396 valence electrons. The zero-order chi connectivity index (χ0) is 52.9. The number of hydrogen-bond donors (Lipinski definition) is 3. The number of anilines is 3. The molecule has 4 aromatic heterocycles. The summed E-state index contributed by atoms with van der Waals surface area (Å²) in [7, 11) is 2.05. The smallest absolute Gasteiger partial charge is 0.369 e. The van der Waals surface area contributed by atoms with Gasteiger partial charge in [0.05, 0.1) is 49.8 Å². The quantitative estimate of drug-likeness (QED) is 0.0645. The van der Waals surface area contributed by atoms with Crippen molar-refractivity contribution in [2.45, 2.75) is 103 Å². The molecule has 3 aliphatic rings. The number of halogens is 3. The van der Waals surface area contributed by atoms with Crippen LogP contribution in [0.15, 0.2) is 123 Å². The number of nitrogens with one attached hydrogen (secondary N) is 3. The van der Waals surface area contributed by atoms with E-state index in [9.17, 15) is 0 Å². The van der Waals surface area contributed by atoms with Gasteiger partial charge in [0, 0.05) is 79.8 Å². The van der Waals surface area contributed by atoms with Crippen molar-refractivity contribution in [1.82, 2.24) is 35.4 Å². The zero-order valence-electron chi connectivity index (χ0n) is 44.1. The first-order valence-corrected chi connectivity index (χ1v) is 28.1. The predicted molar refractivity (Wildman–Crippen MR) is 309 cm³/mol. The highest BCUT2D eigenvalue weighted by atomic mass is 32.1. The van der Waals surface area contributed by atoms with E-state index in [0.717, 1.165) is 141 Å². The summed E-state index contributed by atoms with van der Waals surface area (Å²) in [6.45, 7) is 24.0. The van der Waals surface area contributed by atoms with Gasteiger partial charge < -0.3 is 25.8 Å². The maximum atomic E-state index is 15.3. The first-order valence-electron chi connectivity index (χ1n) is 27.3. The summed E-state index contributed by atoms with van der Waals surface area (Å²) < 4.78 is 49.1. The van der Waals surface area contributed by atoms with Crippen LogP contribution in [0.5, 0.6) is 0 Å². The third-order valence-corrected chi connectivity index (χ3v) is 16.9. The van der Waals surface area contributed by atoms with Crippen LogP contribution in [0.4, 0.5) is 29.8 Å². The molecule has 3 N–H and O–H groups in total. The Hall–Kier alpha value is -6.77. The fourth-order valence-electron chi connectivity index (χ4n) is 12.0. The highest BCUT2D eigenvalue weighted by Crippen LogP contribution is 2.44. The van der Waals surface area contributed by atoms with Crippen LogP contribution >= 0.6 is 11.3 Å². The summed E-state index contributed by atoms with van der Waals surface area (Å²) in [5.41, 5.74) is 10.8. The molecule has 0 bridgehead atoms. The Morgan fingerprint density at radius 3 is 2.50 bits per heavy atom. The molecule has 1 saturated carbocycles. The number of aryl methyl sites for hydroxylation is 1. The number of nitrogens with zero attached hydrogens (tertiary/aromatic N) is 7. The van der Waals surface area contributed by atoms with E-state index in [0.29, 0.717) is 53.8 Å². The second kappa shape index (κ2) is 23.2. The summed E-state index contributed by atoms with van der Waals surface area (Å²) in [4.78, 5) is 19.1. The molecule has 6 heterocycles. The second-order valence-corrected chi connectivity index (χ2v) is 22.1. The fraction of sp³-hybridized carbons (Fsp3) is 0.387. The van der Waals surface area contributed by atoms with Crippen molar-refractivity contribution in [1.29, 1.82) is 0 Å². The van der Waals surface area contributed by atoms with Gasteiger partial charge in [0.1, 0.15) is 5.82 Å². The number of fused-ring (bicyclic) bond motifs is 3. The lowest BCUT2D eigenvalue weighted by Gasteiger charge is -2.31. The molecule has 1 unspecified atom stereocenters. The Morgan fingerprint density at radius 1 is 0.895 bits per heavy atom. The number of allylic oxidation sites excluding steroid dienone is 2. The normalized spacial score (nSPS) is 18.0. The molecule has 2 aliphatic heterocycles. The lowest BCUT2D eigenvalue weighted by molar-refractivity contribution is -0.137. The molecule has 3 aromatic carbocycles. The van der Waals surface area contributed by atoms with Gasteiger partial charge in [0.15, 0.2) is 5.13 Å². The minimum atomic E-state index is -4.55. The first-order chi connectivity index (χ1) is 36.9. The van der Waals surface area contributed by atoms with Crippen molar-refractivity contribution >= 4 is 60.9 Å². The number of thiazole rings is 1. The van der Waals surface area contributed by atoms with Crippen LogP contribution in [0.2, 0.25) is 0 Å². The predicted octanol–water partition coefficient (Wildman–Crippen LogP) is 14.5. The van der Waals surface area contributed by atoms with Crippen LogP contribution in [0.25, 0.3) is 44.0 Å². The third kappa shape index (κ3) is 11.5. The molecular formula is C62H71F3N10S. The molecule has 0 spiro atoms. The van der Waals surface area contributed by atoms with E-state index in [2.05, 4.69) is 84.2 Å². The highest BCUT2D eigenvalue weighted by molar-refractivity contribution is 7.22. The molecule has 14 heteroatoms. The van der Waals surface area contributed by atoms with Gasteiger partial charge in [-0.2, -0.15) is 18.3 Å². The Labute approximate surface area is 449 Å². The standard InChI is InChI=1S/C62H71F3N10S/c1-7-9-35-74(54-20-13-18-50-59(72-73(6)60(50)54)47-27-22-40(3)68-41(47)4)37-34-66-32-14-15-43-23-25-44(26-24-43)38-46-16-12-17-49(57(46)62(63,64)65)48-28-29-56(70-52(48)8-2)75-36-31-45-30-33-67-58(51(45)39-75)42(5)69-61-71-53-19-10-11-21-55(53)76-61/h8,10-13,16-21,28-30,33,43-44,47,66,68H,2-5,7,9,14-15,22-27,31-32,34-39H2,1,6H3,(H,69,71). The molecule has 1 saturated heterocycles. The highest BCUT2D eigenvalue weighted by Gasteiger charge is 2.38. The summed E-state index contributed by atoms with van der Waals surface area (Å²) in [5.74, 6) is 1.61. The van der Waals surface area contributed by atoms with Crippen molar-refractivity contribution in [2.24, 2.45) is 18.9 Å². The van der Waals surface area contributed by atoms with Crippen LogP contribution in [0.3, 0.4) is 0 Å². The minimum absolute atomic E-state index is 0.149. The Morgan fingerprint density at radius 2 is 1.71 bits per heavy atom. The average molecular weight is 1050 g/mol. The van der Waals surface area contributed by atoms with Crippen molar-refractivity contribution < 1.29 is 13.2 Å². The number of aromatic nitrogens is 5. The monoisotopic (exact) mass is 1040 g/mol. The number of piperidine rings is 1. The van der Waals surface area contributed by atoms with E-state index in [1.165, 1.54) is 22.2 Å². The molecule has 0 radical (unpaired) electrons. The molecular weight excluding hydrogens is 974 g/mol. The minimum Gasteiger partial charge on any atom is -0.369 e. The number of pyridine rings is 2. The molecule has 76 heavy (non-hydrogen) atoms. The van der Waals surface area contributed by atoms with Gasteiger partial charge in [0.2, 0.25) is 0 Å². The van der Waals surface area contributed by atoms with Crippen molar-refractivity contribution in [3.05, 3.63) is 162 Å². The van der Waals surface area contributed by atoms with Crippen molar-refractivity contribution in [3.8, 4) is 11.1 Å². The van der Waals surface area contributed by atoms with Gasteiger partial charge in [-0.3, -0.25) is 9.67 Å². The summed E-state index contributed by atoms with van der Waals surface area (Å²) in [6.07, 6.45) is 10.3. The maximum absolute atomic E-state index is 15.3. The largest absolute Gasteiger partial charge is 0.417 e. The maximum Gasteiger partial charge on any atom is 0.417 e. The van der Waals surface area contributed by atoms with E-state index in [1.807, 2.05) is 47.3 Å². The van der Waals surface area contributed by atoms with Crippen molar-refractivity contribution in [2.75, 3.05) is 47.8 Å². The number of para-hydroxylation sites is 2. The van der Waals surface area contributed by atoms with Crippen LogP contribution in [-0.2, 0) is 32.6 Å². The van der Waals surface area contributed by atoms with Gasteiger partial charge in [0.25, 0.3) is 0 Å². The van der Waals surface area contributed by atoms with Gasteiger partial charge >= 0.3 is 6.18 Å². The summed E-state index contributed by atoms with van der Waals surface area (Å²) in [6, 6.07) is 25.3. The molecule has 0 amide bonds. The Bertz CT molecular complexity index is 3220. The molecule has 2 fully saturated rings. The fourth-order valence-corrected chi connectivity index (χ4v) is 12.9. The van der Waals surface area contributed by atoms with Crippen LogP contribution < -0.4 is 25.8 Å². The SMILES string of the molecule is C=Cc1nc(N2CCc3ccnc(C(=C)Nc4nc5ccccc5s4)c3C2)ccc1-c1cccc(CC2CCC(CCCNCCN(CCCC)c3cccc4c(C5CCC(=C)NC5=C)nn(C)c34)CC2)c1C(F)(F)F. The van der Waals surface area contributed by atoms with E-state index < -0.39 is 11.7 Å². The summed E-state index contributed by atoms with van der Waals surface area (Å²) in [5, 5.41) is 17.5. The molecule has 10 rings (SSSR count).